The standard InChI is InChI=1S/C23H20F3N3O2/c1-14-8-9-17(22(31)29-19-7-3-6-18(12-19)23(24,25)26)11-20(14)28-13-15-4-2-5-16(10-15)21(27)30/h2-12,28H,13H2,1H3,(H2,27,30)(H,29,31). The third-order valence-electron chi connectivity index (χ3n) is 4.64. The van der Waals surface area contributed by atoms with Crippen molar-refractivity contribution in [3.63, 3.8) is 0 Å². The molecule has 0 spiro atoms. The molecule has 0 bridgehead atoms. The Morgan fingerprint density at radius 3 is 2.39 bits per heavy atom. The van der Waals surface area contributed by atoms with Crippen molar-refractivity contribution < 1.29 is 22.8 Å². The van der Waals surface area contributed by atoms with Gasteiger partial charge < -0.3 is 16.4 Å². The van der Waals surface area contributed by atoms with E-state index in [-0.39, 0.29) is 11.3 Å². The molecule has 0 aliphatic carbocycles. The number of anilines is 2. The number of aryl methyl sites for hydroxylation is 1. The second-order valence-corrected chi connectivity index (χ2v) is 6.98. The number of nitrogens with two attached hydrogens (primary N) is 1. The zero-order chi connectivity index (χ0) is 22.6. The fourth-order valence-electron chi connectivity index (χ4n) is 2.96. The zero-order valence-electron chi connectivity index (χ0n) is 16.6. The summed E-state index contributed by atoms with van der Waals surface area (Å²) in [6.45, 7) is 2.25. The SMILES string of the molecule is Cc1ccc(C(=O)Nc2cccc(C(F)(F)F)c2)cc1NCc1cccc(C(N)=O)c1. The summed E-state index contributed by atoms with van der Waals surface area (Å²) >= 11 is 0. The third kappa shape index (κ3) is 5.63. The summed E-state index contributed by atoms with van der Waals surface area (Å²) < 4.78 is 38.6. The number of nitrogens with one attached hydrogen (secondary N) is 2. The summed E-state index contributed by atoms with van der Waals surface area (Å²) in [5.41, 5.74) is 7.58. The third-order valence-corrected chi connectivity index (χ3v) is 4.64. The fraction of sp³-hybridized carbons (Fsp3) is 0.130. The lowest BCUT2D eigenvalue weighted by Crippen LogP contribution is -2.14. The molecule has 2 amide bonds. The van der Waals surface area contributed by atoms with Crippen LogP contribution < -0.4 is 16.4 Å². The van der Waals surface area contributed by atoms with Crippen molar-refractivity contribution in [2.45, 2.75) is 19.6 Å². The molecule has 3 rings (SSSR count). The van der Waals surface area contributed by atoms with Crippen molar-refractivity contribution in [3.8, 4) is 0 Å². The molecule has 0 atom stereocenters. The van der Waals surface area contributed by atoms with Crippen LogP contribution in [0.2, 0.25) is 0 Å². The summed E-state index contributed by atoms with van der Waals surface area (Å²) in [5, 5.41) is 5.70. The van der Waals surface area contributed by atoms with Crippen molar-refractivity contribution in [2.24, 2.45) is 5.73 Å². The van der Waals surface area contributed by atoms with Gasteiger partial charge in [0.1, 0.15) is 0 Å². The van der Waals surface area contributed by atoms with E-state index in [1.165, 1.54) is 12.1 Å². The molecule has 0 aliphatic heterocycles. The molecule has 8 heteroatoms. The minimum atomic E-state index is -4.49. The van der Waals surface area contributed by atoms with Crippen LogP contribution in [0.4, 0.5) is 24.5 Å². The molecule has 0 aromatic heterocycles. The van der Waals surface area contributed by atoms with Crippen molar-refractivity contribution in [1.29, 1.82) is 0 Å². The van der Waals surface area contributed by atoms with Crippen LogP contribution in [0.25, 0.3) is 0 Å². The average Bonchev–Trinajstić information content (AvgIpc) is 2.73. The molecule has 0 fully saturated rings. The van der Waals surface area contributed by atoms with Crippen LogP contribution in [-0.4, -0.2) is 11.8 Å². The number of halogens is 3. The van der Waals surface area contributed by atoms with E-state index in [1.54, 1.807) is 36.4 Å². The van der Waals surface area contributed by atoms with Gasteiger partial charge in [-0.1, -0.05) is 24.3 Å². The number of hydrogen-bond donors (Lipinski definition) is 3. The van der Waals surface area contributed by atoms with E-state index >= 15 is 0 Å². The summed E-state index contributed by atoms with van der Waals surface area (Å²) in [6, 6.07) is 16.3. The van der Waals surface area contributed by atoms with Crippen molar-refractivity contribution in [2.75, 3.05) is 10.6 Å². The molecule has 3 aromatic rings. The number of primary amides is 1. The van der Waals surface area contributed by atoms with Crippen LogP contribution >= 0.6 is 0 Å². The van der Waals surface area contributed by atoms with E-state index in [0.29, 0.717) is 17.8 Å². The lowest BCUT2D eigenvalue weighted by Gasteiger charge is -2.13. The molecule has 5 nitrogen and oxygen atoms in total. The quantitative estimate of drug-likeness (QED) is 0.519. The first-order valence-electron chi connectivity index (χ1n) is 9.35. The molecule has 4 N–H and O–H groups in total. The lowest BCUT2D eigenvalue weighted by molar-refractivity contribution is -0.137. The molecule has 0 unspecified atom stereocenters. The van der Waals surface area contributed by atoms with Crippen LogP contribution in [0, 0.1) is 6.92 Å². The van der Waals surface area contributed by atoms with E-state index in [9.17, 15) is 22.8 Å². The maximum absolute atomic E-state index is 12.9. The van der Waals surface area contributed by atoms with Gasteiger partial charge in [-0.15, -0.1) is 0 Å². The minimum absolute atomic E-state index is 0.0539. The Bertz CT molecular complexity index is 1130. The van der Waals surface area contributed by atoms with E-state index in [4.69, 9.17) is 5.73 Å². The van der Waals surface area contributed by atoms with Crippen LogP contribution in [0.3, 0.4) is 0 Å². The van der Waals surface area contributed by atoms with Crippen molar-refractivity contribution in [3.05, 3.63) is 94.5 Å². The van der Waals surface area contributed by atoms with Gasteiger partial charge in [0.05, 0.1) is 5.56 Å². The van der Waals surface area contributed by atoms with Crippen molar-refractivity contribution >= 4 is 23.2 Å². The molecule has 0 aliphatic rings. The predicted molar refractivity (Wildman–Crippen MR) is 113 cm³/mol. The van der Waals surface area contributed by atoms with E-state index in [0.717, 1.165) is 23.3 Å². The highest BCUT2D eigenvalue weighted by atomic mass is 19.4. The molecule has 0 saturated heterocycles. The number of benzene rings is 3. The van der Waals surface area contributed by atoms with Crippen LogP contribution in [0.5, 0.6) is 0 Å². The number of alkyl halides is 3. The summed E-state index contributed by atoms with van der Waals surface area (Å²) in [6.07, 6.45) is -4.49. The second-order valence-electron chi connectivity index (χ2n) is 6.98. The summed E-state index contributed by atoms with van der Waals surface area (Å²) in [4.78, 5) is 23.9. The molecule has 0 radical (unpaired) electrons. The van der Waals surface area contributed by atoms with Gasteiger partial charge in [0.15, 0.2) is 0 Å². The summed E-state index contributed by atoms with van der Waals surface area (Å²) in [7, 11) is 0. The normalized spacial score (nSPS) is 11.1. The largest absolute Gasteiger partial charge is 0.416 e. The van der Waals surface area contributed by atoms with Crippen molar-refractivity contribution in [1.82, 2.24) is 0 Å². The molecule has 0 heterocycles. The molecule has 31 heavy (non-hydrogen) atoms. The van der Waals surface area contributed by atoms with Gasteiger partial charge in [-0.05, 0) is 60.5 Å². The average molecular weight is 427 g/mol. The smallest absolute Gasteiger partial charge is 0.381 e. The predicted octanol–water partition coefficient (Wildman–Crippen LogP) is 4.98. The molecule has 3 aromatic carbocycles. The lowest BCUT2D eigenvalue weighted by atomic mass is 10.1. The number of rotatable bonds is 6. The second kappa shape index (κ2) is 8.91. The van der Waals surface area contributed by atoms with E-state index in [1.807, 2.05) is 13.0 Å². The summed E-state index contributed by atoms with van der Waals surface area (Å²) in [5.74, 6) is -1.05. The first-order chi connectivity index (χ1) is 14.6. The fourth-order valence-corrected chi connectivity index (χ4v) is 2.96. The Balaban J connectivity index is 1.74. The molecule has 0 saturated carbocycles. The number of carbonyl (C=O) groups is 2. The van der Waals surface area contributed by atoms with Gasteiger partial charge in [-0.25, -0.2) is 0 Å². The topological polar surface area (TPSA) is 84.2 Å². The Labute approximate surface area is 177 Å². The van der Waals surface area contributed by atoms with Gasteiger partial charge in [0.25, 0.3) is 5.91 Å². The number of hydrogen-bond acceptors (Lipinski definition) is 3. The Hall–Kier alpha value is -3.81. The van der Waals surface area contributed by atoms with Crippen LogP contribution in [0.1, 0.15) is 37.4 Å². The van der Waals surface area contributed by atoms with E-state index < -0.39 is 23.6 Å². The maximum Gasteiger partial charge on any atom is 0.416 e. The highest BCUT2D eigenvalue weighted by molar-refractivity contribution is 6.05. The van der Waals surface area contributed by atoms with E-state index in [2.05, 4.69) is 10.6 Å². The Kier molecular flexibility index (Phi) is 6.29. The van der Waals surface area contributed by atoms with Gasteiger partial charge >= 0.3 is 6.18 Å². The van der Waals surface area contributed by atoms with Crippen LogP contribution in [0.15, 0.2) is 66.7 Å². The molecular formula is C23H20F3N3O2. The monoisotopic (exact) mass is 427 g/mol. The van der Waals surface area contributed by atoms with Gasteiger partial charge in [0, 0.05) is 29.0 Å². The highest BCUT2D eigenvalue weighted by Gasteiger charge is 2.30. The van der Waals surface area contributed by atoms with Gasteiger partial charge in [0.2, 0.25) is 5.91 Å². The highest BCUT2D eigenvalue weighted by Crippen LogP contribution is 2.30. The number of carbonyl (C=O) groups excluding carboxylic acids is 2. The first-order valence-corrected chi connectivity index (χ1v) is 9.35. The number of amides is 2. The zero-order valence-corrected chi connectivity index (χ0v) is 16.6. The minimum Gasteiger partial charge on any atom is -0.381 e. The van der Waals surface area contributed by atoms with Gasteiger partial charge in [-0.3, -0.25) is 9.59 Å². The van der Waals surface area contributed by atoms with Gasteiger partial charge in [-0.2, -0.15) is 13.2 Å². The Morgan fingerprint density at radius 1 is 0.935 bits per heavy atom. The molecular weight excluding hydrogens is 407 g/mol. The molecule has 160 valence electrons. The Morgan fingerprint density at radius 2 is 1.68 bits per heavy atom. The maximum atomic E-state index is 12.9. The first kappa shape index (κ1) is 21.9. The van der Waals surface area contributed by atoms with Crippen LogP contribution in [-0.2, 0) is 12.7 Å².